The van der Waals surface area contributed by atoms with Crippen LogP contribution < -0.4 is 0 Å². The van der Waals surface area contributed by atoms with Gasteiger partial charge in [-0.2, -0.15) is 0 Å². The van der Waals surface area contributed by atoms with Crippen LogP contribution in [0.5, 0.6) is 0 Å². The summed E-state index contributed by atoms with van der Waals surface area (Å²) >= 11 is 0. The lowest BCUT2D eigenvalue weighted by molar-refractivity contribution is -0.0175. The zero-order valence-electron chi connectivity index (χ0n) is 13.7. The van der Waals surface area contributed by atoms with E-state index in [2.05, 4.69) is 35.2 Å². The Morgan fingerprint density at radius 1 is 1.14 bits per heavy atom. The van der Waals surface area contributed by atoms with Crippen LogP contribution in [0.1, 0.15) is 24.8 Å². The van der Waals surface area contributed by atoms with Gasteiger partial charge in [0.05, 0.1) is 6.10 Å². The maximum absolute atomic E-state index is 5.77. The lowest BCUT2D eigenvalue weighted by Crippen LogP contribution is -2.46. The molecule has 122 valence electrons. The Hall–Kier alpha value is -0.900. The summed E-state index contributed by atoms with van der Waals surface area (Å²) in [6.45, 7) is 5.50. The van der Waals surface area contributed by atoms with Gasteiger partial charge in [0.25, 0.3) is 0 Å². The van der Waals surface area contributed by atoms with Gasteiger partial charge in [-0.1, -0.05) is 30.3 Å². The zero-order valence-corrected chi connectivity index (χ0v) is 13.7. The van der Waals surface area contributed by atoms with E-state index in [0.717, 1.165) is 32.0 Å². The van der Waals surface area contributed by atoms with Gasteiger partial charge in [-0.15, -0.1) is 0 Å². The van der Waals surface area contributed by atoms with Crippen LogP contribution in [0.4, 0.5) is 0 Å². The fourth-order valence-electron chi connectivity index (χ4n) is 3.97. The van der Waals surface area contributed by atoms with Crippen LogP contribution in [-0.2, 0) is 15.9 Å². The van der Waals surface area contributed by atoms with Crippen LogP contribution in [0.15, 0.2) is 30.3 Å². The molecule has 3 heteroatoms. The molecule has 22 heavy (non-hydrogen) atoms. The standard InChI is InChI=1S/C19H29NO2/c1-21-19-7-10-20(14-17-8-11-22-12-9-17)15-18(19)13-16-5-3-2-4-6-16/h2-6,17-19H,7-15H2,1H3/t18-,19+/m0/s1. The number of benzene rings is 1. The van der Waals surface area contributed by atoms with Crippen molar-refractivity contribution < 1.29 is 9.47 Å². The lowest BCUT2D eigenvalue weighted by Gasteiger charge is -2.40. The third-order valence-electron chi connectivity index (χ3n) is 5.25. The number of hydrogen-bond acceptors (Lipinski definition) is 3. The minimum Gasteiger partial charge on any atom is -0.381 e. The van der Waals surface area contributed by atoms with Crippen molar-refractivity contribution in [2.24, 2.45) is 11.8 Å². The molecule has 0 amide bonds. The molecule has 0 saturated carbocycles. The van der Waals surface area contributed by atoms with Gasteiger partial charge >= 0.3 is 0 Å². The fraction of sp³-hybridized carbons (Fsp3) is 0.684. The molecule has 0 aromatic heterocycles. The van der Waals surface area contributed by atoms with E-state index in [0.29, 0.717) is 12.0 Å². The second-order valence-corrected chi connectivity index (χ2v) is 6.83. The highest BCUT2D eigenvalue weighted by molar-refractivity contribution is 5.15. The van der Waals surface area contributed by atoms with E-state index in [1.54, 1.807) is 0 Å². The molecule has 1 aromatic rings. The Morgan fingerprint density at radius 3 is 2.64 bits per heavy atom. The topological polar surface area (TPSA) is 21.7 Å². The fourth-order valence-corrected chi connectivity index (χ4v) is 3.97. The van der Waals surface area contributed by atoms with Gasteiger partial charge in [0.1, 0.15) is 0 Å². The minimum atomic E-state index is 0.408. The molecule has 2 fully saturated rings. The van der Waals surface area contributed by atoms with Gasteiger partial charge < -0.3 is 14.4 Å². The van der Waals surface area contributed by atoms with E-state index in [1.165, 1.54) is 38.0 Å². The monoisotopic (exact) mass is 303 g/mol. The summed E-state index contributed by atoms with van der Waals surface area (Å²) < 4.78 is 11.3. The second-order valence-electron chi connectivity index (χ2n) is 6.83. The van der Waals surface area contributed by atoms with Gasteiger partial charge in [0, 0.05) is 45.9 Å². The molecule has 0 radical (unpaired) electrons. The van der Waals surface area contributed by atoms with Crippen LogP contribution in [0.25, 0.3) is 0 Å². The first kappa shape index (κ1) is 16.0. The molecule has 3 nitrogen and oxygen atoms in total. The van der Waals surface area contributed by atoms with Crippen LogP contribution in [0, 0.1) is 11.8 Å². The number of rotatable bonds is 5. The maximum Gasteiger partial charge on any atom is 0.0627 e. The van der Waals surface area contributed by atoms with Crippen molar-refractivity contribution in [1.82, 2.24) is 4.90 Å². The molecule has 0 bridgehead atoms. The van der Waals surface area contributed by atoms with Crippen molar-refractivity contribution in [1.29, 1.82) is 0 Å². The Balaban J connectivity index is 1.57. The molecule has 0 aliphatic carbocycles. The highest BCUT2D eigenvalue weighted by Crippen LogP contribution is 2.26. The third-order valence-corrected chi connectivity index (χ3v) is 5.25. The van der Waals surface area contributed by atoms with Crippen LogP contribution in [0.2, 0.25) is 0 Å². The van der Waals surface area contributed by atoms with Gasteiger partial charge in [-0.3, -0.25) is 0 Å². The van der Waals surface area contributed by atoms with Gasteiger partial charge in [0.15, 0.2) is 0 Å². The number of methoxy groups -OCH3 is 1. The average molecular weight is 303 g/mol. The molecule has 0 N–H and O–H groups in total. The van der Waals surface area contributed by atoms with Crippen molar-refractivity contribution in [3.8, 4) is 0 Å². The molecule has 0 unspecified atom stereocenters. The van der Waals surface area contributed by atoms with Gasteiger partial charge in [-0.25, -0.2) is 0 Å². The van der Waals surface area contributed by atoms with Crippen molar-refractivity contribution in [3.05, 3.63) is 35.9 Å². The van der Waals surface area contributed by atoms with E-state index in [4.69, 9.17) is 9.47 Å². The van der Waals surface area contributed by atoms with Crippen molar-refractivity contribution in [3.63, 3.8) is 0 Å². The molecule has 2 atom stereocenters. The Kier molecular flexibility index (Phi) is 5.88. The van der Waals surface area contributed by atoms with E-state index in [9.17, 15) is 0 Å². The summed E-state index contributed by atoms with van der Waals surface area (Å²) in [4.78, 5) is 2.67. The molecule has 2 heterocycles. The van der Waals surface area contributed by atoms with Crippen LogP contribution in [-0.4, -0.2) is 51.0 Å². The Bertz CT molecular complexity index is 430. The zero-order chi connectivity index (χ0) is 15.2. The highest BCUT2D eigenvalue weighted by atomic mass is 16.5. The first-order valence-corrected chi connectivity index (χ1v) is 8.72. The molecule has 2 aliphatic rings. The van der Waals surface area contributed by atoms with Crippen LogP contribution >= 0.6 is 0 Å². The number of ether oxygens (including phenoxy) is 2. The van der Waals surface area contributed by atoms with Crippen molar-refractivity contribution in [2.75, 3.05) is 40.0 Å². The molecule has 1 aromatic carbocycles. The summed E-state index contributed by atoms with van der Waals surface area (Å²) in [5, 5.41) is 0. The lowest BCUT2D eigenvalue weighted by atomic mass is 9.87. The van der Waals surface area contributed by atoms with Crippen molar-refractivity contribution >= 4 is 0 Å². The Labute approximate surface area is 134 Å². The molecular formula is C19H29NO2. The number of hydrogen-bond donors (Lipinski definition) is 0. The SMILES string of the molecule is CO[C@@H]1CCN(CC2CCOCC2)C[C@@H]1Cc1ccccc1. The van der Waals surface area contributed by atoms with Crippen LogP contribution in [0.3, 0.4) is 0 Å². The molecular weight excluding hydrogens is 274 g/mol. The number of likely N-dealkylation sites (tertiary alicyclic amines) is 1. The van der Waals surface area contributed by atoms with E-state index >= 15 is 0 Å². The summed E-state index contributed by atoms with van der Waals surface area (Å²) in [7, 11) is 1.87. The predicted octanol–water partition coefficient (Wildman–Crippen LogP) is 2.99. The normalized spacial score (nSPS) is 27.9. The first-order chi connectivity index (χ1) is 10.8. The molecule has 2 aliphatic heterocycles. The van der Waals surface area contributed by atoms with Gasteiger partial charge in [-0.05, 0) is 37.2 Å². The summed E-state index contributed by atoms with van der Waals surface area (Å²) in [6, 6.07) is 10.9. The van der Waals surface area contributed by atoms with E-state index in [-0.39, 0.29) is 0 Å². The first-order valence-electron chi connectivity index (χ1n) is 8.72. The second kappa shape index (κ2) is 8.09. The maximum atomic E-state index is 5.77. The highest BCUT2D eigenvalue weighted by Gasteiger charge is 2.30. The molecule has 3 rings (SSSR count). The average Bonchev–Trinajstić information content (AvgIpc) is 2.57. The molecule has 0 spiro atoms. The summed E-state index contributed by atoms with van der Waals surface area (Å²) in [5.74, 6) is 1.44. The summed E-state index contributed by atoms with van der Waals surface area (Å²) in [6.07, 6.45) is 5.16. The number of nitrogens with zero attached hydrogens (tertiary/aromatic N) is 1. The number of piperidine rings is 1. The smallest absolute Gasteiger partial charge is 0.0627 e. The third kappa shape index (κ3) is 4.31. The summed E-state index contributed by atoms with van der Waals surface area (Å²) in [5.41, 5.74) is 1.43. The van der Waals surface area contributed by atoms with E-state index in [1.807, 2.05) is 7.11 Å². The minimum absolute atomic E-state index is 0.408. The predicted molar refractivity (Wildman–Crippen MR) is 89.0 cm³/mol. The van der Waals surface area contributed by atoms with E-state index < -0.39 is 0 Å². The van der Waals surface area contributed by atoms with Gasteiger partial charge in [0.2, 0.25) is 0 Å². The quantitative estimate of drug-likeness (QED) is 0.835. The largest absolute Gasteiger partial charge is 0.381 e. The van der Waals surface area contributed by atoms with Crippen molar-refractivity contribution in [2.45, 2.75) is 31.8 Å². The molecule has 2 saturated heterocycles. The Morgan fingerprint density at radius 2 is 1.91 bits per heavy atom.